The van der Waals surface area contributed by atoms with Crippen LogP contribution in [0.15, 0.2) is 57.9 Å². The summed E-state index contributed by atoms with van der Waals surface area (Å²) in [6, 6.07) is 12.1. The average Bonchev–Trinajstić information content (AvgIpc) is 2.63. The fraction of sp³-hybridized carbons (Fsp3) is 0.273. The molecule has 146 valence electrons. The van der Waals surface area contributed by atoms with Crippen molar-refractivity contribution >= 4 is 16.9 Å². The largest absolute Gasteiger partial charge is 0.479 e. The fourth-order valence-electron chi connectivity index (χ4n) is 2.62. The molecule has 3 rings (SSSR count). The lowest BCUT2D eigenvalue weighted by atomic mass is 10.2. The summed E-state index contributed by atoms with van der Waals surface area (Å²) in [6.07, 6.45) is 0.267. The van der Waals surface area contributed by atoms with Gasteiger partial charge in [0.1, 0.15) is 23.3 Å². The van der Waals surface area contributed by atoms with Gasteiger partial charge in [0.25, 0.3) is 0 Å². The van der Waals surface area contributed by atoms with Crippen molar-refractivity contribution in [2.75, 3.05) is 0 Å². The van der Waals surface area contributed by atoms with Gasteiger partial charge in [-0.15, -0.1) is 0 Å². The van der Waals surface area contributed by atoms with E-state index in [4.69, 9.17) is 18.6 Å². The number of aryl methyl sites for hydroxylation is 1. The Morgan fingerprint density at radius 2 is 1.82 bits per heavy atom. The summed E-state index contributed by atoms with van der Waals surface area (Å²) in [7, 11) is 0. The Morgan fingerprint density at radius 1 is 1.04 bits per heavy atom. The molecule has 6 heteroatoms. The lowest BCUT2D eigenvalue weighted by Crippen LogP contribution is -2.28. The van der Waals surface area contributed by atoms with Crippen molar-refractivity contribution in [3.63, 3.8) is 0 Å². The summed E-state index contributed by atoms with van der Waals surface area (Å²) < 4.78 is 21.9. The summed E-state index contributed by atoms with van der Waals surface area (Å²) >= 11 is 0. The number of carbonyl (C=O) groups excluding carboxylic acids is 1. The molecule has 28 heavy (non-hydrogen) atoms. The lowest BCUT2D eigenvalue weighted by molar-refractivity contribution is -0.154. The van der Waals surface area contributed by atoms with Crippen LogP contribution in [0.4, 0.5) is 0 Å². The smallest absolute Gasteiger partial charge is 0.347 e. The molecule has 0 saturated heterocycles. The van der Waals surface area contributed by atoms with E-state index in [1.165, 1.54) is 6.26 Å². The topological polar surface area (TPSA) is 75.0 Å². The monoisotopic (exact) mass is 382 g/mol. The molecule has 0 unspecified atom stereocenters. The molecule has 0 spiro atoms. The molecule has 3 aromatic rings. The third kappa shape index (κ3) is 4.52. The highest BCUT2D eigenvalue weighted by Crippen LogP contribution is 2.25. The Kier molecular flexibility index (Phi) is 5.68. The number of fused-ring (bicyclic) bond motifs is 1. The second-order valence-electron chi connectivity index (χ2n) is 6.75. The quantitative estimate of drug-likeness (QED) is 0.580. The molecule has 0 saturated carbocycles. The molecule has 0 aliphatic carbocycles. The van der Waals surface area contributed by atoms with Crippen molar-refractivity contribution in [1.29, 1.82) is 0 Å². The van der Waals surface area contributed by atoms with E-state index < -0.39 is 12.1 Å². The zero-order valence-electron chi connectivity index (χ0n) is 16.2. The summed E-state index contributed by atoms with van der Waals surface area (Å²) in [5, 5.41) is 0.356. The SMILES string of the molecule is Cc1cccc(Oc2coc3cc(O[C@H](C)C(=O)OC(C)C)ccc3c2=O)c1. The second-order valence-corrected chi connectivity index (χ2v) is 6.75. The maximum atomic E-state index is 12.7. The molecule has 6 nitrogen and oxygen atoms in total. The maximum absolute atomic E-state index is 12.7. The first-order valence-electron chi connectivity index (χ1n) is 9.00. The Hall–Kier alpha value is -3.28. The molecule has 0 fully saturated rings. The van der Waals surface area contributed by atoms with Crippen LogP contribution in [-0.4, -0.2) is 18.2 Å². The van der Waals surface area contributed by atoms with Crippen molar-refractivity contribution in [3.05, 3.63) is 64.5 Å². The van der Waals surface area contributed by atoms with E-state index in [-0.39, 0.29) is 17.3 Å². The van der Waals surface area contributed by atoms with Gasteiger partial charge in [0.15, 0.2) is 6.10 Å². The summed E-state index contributed by atoms with van der Waals surface area (Å²) in [5.41, 5.74) is 1.07. The molecule has 0 N–H and O–H groups in total. The Labute approximate surface area is 162 Å². The molecule has 0 bridgehead atoms. The van der Waals surface area contributed by atoms with Crippen LogP contribution < -0.4 is 14.9 Å². The predicted molar refractivity (Wildman–Crippen MR) is 105 cm³/mol. The fourth-order valence-corrected chi connectivity index (χ4v) is 2.62. The van der Waals surface area contributed by atoms with E-state index >= 15 is 0 Å². The standard InChI is InChI=1S/C22H22O6/c1-13(2)26-22(24)15(4)27-17-8-9-18-19(11-17)25-12-20(21(18)23)28-16-7-5-6-14(3)10-16/h5-13,15H,1-4H3/t15-/m1/s1. The van der Waals surface area contributed by atoms with Gasteiger partial charge in [0.2, 0.25) is 11.2 Å². The van der Waals surface area contributed by atoms with Crippen molar-refractivity contribution < 1.29 is 23.4 Å². The number of carbonyl (C=O) groups is 1. The van der Waals surface area contributed by atoms with Crippen molar-refractivity contribution in [2.24, 2.45) is 0 Å². The number of esters is 1. The highest BCUT2D eigenvalue weighted by Gasteiger charge is 2.18. The van der Waals surface area contributed by atoms with Crippen LogP contribution >= 0.6 is 0 Å². The van der Waals surface area contributed by atoms with Crippen molar-refractivity contribution in [1.82, 2.24) is 0 Å². The van der Waals surface area contributed by atoms with Gasteiger partial charge in [-0.25, -0.2) is 4.79 Å². The normalized spacial score (nSPS) is 12.0. The Morgan fingerprint density at radius 3 is 2.54 bits per heavy atom. The molecule has 1 heterocycles. The van der Waals surface area contributed by atoms with Gasteiger partial charge in [-0.3, -0.25) is 4.79 Å². The minimum absolute atomic E-state index is 0.0978. The van der Waals surface area contributed by atoms with Gasteiger partial charge in [0, 0.05) is 6.07 Å². The van der Waals surface area contributed by atoms with Crippen molar-refractivity contribution in [3.8, 4) is 17.2 Å². The molecule has 1 aromatic heterocycles. The molecule has 0 aliphatic heterocycles. The minimum Gasteiger partial charge on any atom is -0.479 e. The average molecular weight is 382 g/mol. The molecule has 2 aromatic carbocycles. The van der Waals surface area contributed by atoms with Gasteiger partial charge < -0.3 is 18.6 Å². The molecule has 0 amide bonds. The predicted octanol–water partition coefficient (Wildman–Crippen LogP) is 4.61. The number of ether oxygens (including phenoxy) is 3. The lowest BCUT2D eigenvalue weighted by Gasteiger charge is -2.15. The van der Waals surface area contributed by atoms with E-state index in [0.29, 0.717) is 22.5 Å². The first-order valence-corrected chi connectivity index (χ1v) is 9.00. The summed E-state index contributed by atoms with van der Waals surface area (Å²) in [6.45, 7) is 7.08. The number of rotatable bonds is 6. The van der Waals surface area contributed by atoms with Crippen LogP contribution in [-0.2, 0) is 9.53 Å². The third-order valence-corrected chi connectivity index (χ3v) is 3.93. The minimum atomic E-state index is -0.782. The Bertz CT molecular complexity index is 1050. The molecular formula is C22H22O6. The van der Waals surface area contributed by atoms with Crippen LogP contribution in [0.25, 0.3) is 11.0 Å². The maximum Gasteiger partial charge on any atom is 0.347 e. The van der Waals surface area contributed by atoms with Crippen LogP contribution in [0.5, 0.6) is 17.2 Å². The highest BCUT2D eigenvalue weighted by molar-refractivity contribution is 5.79. The molecule has 1 atom stereocenters. The zero-order valence-corrected chi connectivity index (χ0v) is 16.2. The van der Waals surface area contributed by atoms with Crippen LogP contribution in [0.3, 0.4) is 0 Å². The third-order valence-electron chi connectivity index (χ3n) is 3.93. The van der Waals surface area contributed by atoms with Gasteiger partial charge in [-0.1, -0.05) is 12.1 Å². The van der Waals surface area contributed by atoms with Gasteiger partial charge in [-0.05, 0) is 57.5 Å². The number of benzene rings is 2. The van der Waals surface area contributed by atoms with Gasteiger partial charge in [0.05, 0.1) is 11.5 Å². The van der Waals surface area contributed by atoms with Crippen LogP contribution in [0, 0.1) is 6.92 Å². The Balaban J connectivity index is 1.82. The first-order chi connectivity index (χ1) is 13.3. The number of hydrogen-bond acceptors (Lipinski definition) is 6. The second kappa shape index (κ2) is 8.17. The van der Waals surface area contributed by atoms with Gasteiger partial charge >= 0.3 is 5.97 Å². The van der Waals surface area contributed by atoms with E-state index in [9.17, 15) is 9.59 Å². The molecule has 0 radical (unpaired) electrons. The van der Waals surface area contributed by atoms with Crippen LogP contribution in [0.2, 0.25) is 0 Å². The molecule has 0 aliphatic rings. The summed E-state index contributed by atoms with van der Waals surface area (Å²) in [5.74, 6) is 0.597. The van der Waals surface area contributed by atoms with E-state index in [2.05, 4.69) is 0 Å². The van der Waals surface area contributed by atoms with Crippen LogP contribution in [0.1, 0.15) is 26.3 Å². The van der Waals surface area contributed by atoms with Gasteiger partial charge in [-0.2, -0.15) is 0 Å². The zero-order chi connectivity index (χ0) is 20.3. The molecular weight excluding hydrogens is 360 g/mol. The first kappa shape index (κ1) is 19.5. The number of hydrogen-bond donors (Lipinski definition) is 0. The van der Waals surface area contributed by atoms with E-state index in [0.717, 1.165) is 5.56 Å². The highest BCUT2D eigenvalue weighted by atomic mass is 16.6. The summed E-state index contributed by atoms with van der Waals surface area (Å²) in [4.78, 5) is 24.6. The van der Waals surface area contributed by atoms with E-state index in [1.807, 2.05) is 25.1 Å². The van der Waals surface area contributed by atoms with E-state index in [1.54, 1.807) is 45.0 Å². The van der Waals surface area contributed by atoms with Crippen molar-refractivity contribution in [2.45, 2.75) is 39.9 Å².